The third-order valence-electron chi connectivity index (χ3n) is 5.55. The molecule has 1 unspecified atom stereocenters. The van der Waals surface area contributed by atoms with Crippen molar-refractivity contribution in [2.45, 2.75) is 17.1 Å². The molecule has 4 aromatic rings. The molecule has 5 nitrogen and oxygen atoms in total. The van der Waals surface area contributed by atoms with Crippen molar-refractivity contribution in [2.75, 3.05) is 17.7 Å². The maximum atomic E-state index is 13.5. The molecule has 4 aromatic carbocycles. The summed E-state index contributed by atoms with van der Waals surface area (Å²) in [5.41, 5.74) is 3.13. The van der Waals surface area contributed by atoms with Crippen LogP contribution in [0.5, 0.6) is 5.75 Å². The number of methoxy groups -OCH3 is 1. The fourth-order valence-electron chi connectivity index (χ4n) is 3.59. The van der Waals surface area contributed by atoms with E-state index in [-0.39, 0.29) is 11.8 Å². The van der Waals surface area contributed by atoms with Crippen LogP contribution in [0.1, 0.15) is 26.7 Å². The standard InChI is InChI=1S/C29H24ClFN2O3S/c1-18-16-25(26(36-2)17-24(18)30)33-29(35)27(19-6-4-3-5-7-19)37-23-14-12-22(13-15-23)32-28(34)20-8-10-21(31)11-9-20/h3-17,27H,1-2H3,(H,32,34)(H,33,35). The third-order valence-corrected chi connectivity index (χ3v) is 7.23. The van der Waals surface area contributed by atoms with Gasteiger partial charge in [-0.1, -0.05) is 41.9 Å². The van der Waals surface area contributed by atoms with Crippen molar-refractivity contribution < 1.29 is 18.7 Å². The molecule has 4 rings (SSSR count). The van der Waals surface area contributed by atoms with Crippen molar-refractivity contribution >= 4 is 46.6 Å². The van der Waals surface area contributed by atoms with Crippen LogP contribution in [0.25, 0.3) is 0 Å². The number of carbonyl (C=O) groups excluding carboxylic acids is 2. The Morgan fingerprint density at radius 3 is 2.24 bits per heavy atom. The van der Waals surface area contributed by atoms with E-state index in [1.165, 1.54) is 43.1 Å². The van der Waals surface area contributed by atoms with Gasteiger partial charge in [-0.05, 0) is 72.6 Å². The van der Waals surface area contributed by atoms with E-state index < -0.39 is 11.1 Å². The van der Waals surface area contributed by atoms with Crippen LogP contribution >= 0.6 is 23.4 Å². The highest BCUT2D eigenvalue weighted by atomic mass is 35.5. The molecule has 0 saturated heterocycles. The van der Waals surface area contributed by atoms with Gasteiger partial charge in [0, 0.05) is 27.2 Å². The first-order valence-electron chi connectivity index (χ1n) is 11.4. The van der Waals surface area contributed by atoms with Gasteiger partial charge >= 0.3 is 0 Å². The summed E-state index contributed by atoms with van der Waals surface area (Å²) in [4.78, 5) is 26.7. The predicted molar refractivity (Wildman–Crippen MR) is 147 cm³/mol. The van der Waals surface area contributed by atoms with Crippen molar-refractivity contribution in [3.05, 3.63) is 119 Å². The fourth-order valence-corrected chi connectivity index (χ4v) is 4.76. The van der Waals surface area contributed by atoms with Crippen molar-refractivity contribution in [3.8, 4) is 5.75 Å². The lowest BCUT2D eigenvalue weighted by molar-refractivity contribution is -0.115. The van der Waals surface area contributed by atoms with Gasteiger partial charge in [-0.2, -0.15) is 0 Å². The molecule has 1 atom stereocenters. The highest BCUT2D eigenvalue weighted by Gasteiger charge is 2.23. The molecule has 0 saturated carbocycles. The molecule has 0 bridgehead atoms. The number of aryl methyl sites for hydroxylation is 1. The van der Waals surface area contributed by atoms with Gasteiger partial charge in [0.15, 0.2) is 0 Å². The second-order valence-electron chi connectivity index (χ2n) is 8.18. The lowest BCUT2D eigenvalue weighted by Gasteiger charge is -2.19. The number of ether oxygens (including phenoxy) is 1. The molecule has 0 aliphatic rings. The van der Waals surface area contributed by atoms with Crippen LogP contribution in [0.3, 0.4) is 0 Å². The lowest BCUT2D eigenvalue weighted by Crippen LogP contribution is -2.19. The second kappa shape index (κ2) is 12.0. The van der Waals surface area contributed by atoms with E-state index in [1.807, 2.05) is 49.4 Å². The zero-order chi connectivity index (χ0) is 26.4. The molecule has 188 valence electrons. The van der Waals surface area contributed by atoms with Gasteiger partial charge in [-0.15, -0.1) is 11.8 Å². The summed E-state index contributed by atoms with van der Waals surface area (Å²) in [6, 6.07) is 25.5. The van der Waals surface area contributed by atoms with Gasteiger partial charge in [-0.3, -0.25) is 9.59 Å². The molecule has 0 aliphatic carbocycles. The highest BCUT2D eigenvalue weighted by Crippen LogP contribution is 2.38. The number of hydrogen-bond donors (Lipinski definition) is 2. The van der Waals surface area contributed by atoms with E-state index in [9.17, 15) is 14.0 Å². The van der Waals surface area contributed by atoms with Gasteiger partial charge in [0.25, 0.3) is 5.91 Å². The first kappa shape index (κ1) is 26.3. The lowest BCUT2D eigenvalue weighted by atomic mass is 10.1. The Morgan fingerprint density at radius 2 is 1.59 bits per heavy atom. The molecule has 0 aromatic heterocycles. The largest absolute Gasteiger partial charge is 0.495 e. The minimum absolute atomic E-state index is 0.218. The highest BCUT2D eigenvalue weighted by molar-refractivity contribution is 8.00. The normalized spacial score (nSPS) is 11.5. The van der Waals surface area contributed by atoms with Crippen LogP contribution in [0.15, 0.2) is 95.9 Å². The zero-order valence-corrected chi connectivity index (χ0v) is 21.7. The topological polar surface area (TPSA) is 67.4 Å². The van der Waals surface area contributed by atoms with E-state index in [4.69, 9.17) is 16.3 Å². The maximum Gasteiger partial charge on any atom is 0.255 e. The number of amides is 2. The minimum Gasteiger partial charge on any atom is -0.495 e. The Bertz CT molecular complexity index is 1400. The van der Waals surface area contributed by atoms with Crippen LogP contribution in [0.4, 0.5) is 15.8 Å². The number of benzene rings is 4. The molecular weight excluding hydrogens is 511 g/mol. The van der Waals surface area contributed by atoms with E-state index in [2.05, 4.69) is 10.6 Å². The smallest absolute Gasteiger partial charge is 0.255 e. The van der Waals surface area contributed by atoms with Crippen LogP contribution in [-0.4, -0.2) is 18.9 Å². The maximum absolute atomic E-state index is 13.5. The Balaban J connectivity index is 1.52. The quantitative estimate of drug-likeness (QED) is 0.229. The Hall–Kier alpha value is -3.81. The average Bonchev–Trinajstić information content (AvgIpc) is 2.91. The summed E-state index contributed by atoms with van der Waals surface area (Å²) in [5, 5.41) is 5.77. The Labute approximate surface area is 224 Å². The van der Waals surface area contributed by atoms with Crippen molar-refractivity contribution in [1.29, 1.82) is 0 Å². The third kappa shape index (κ3) is 6.70. The van der Waals surface area contributed by atoms with Crippen LogP contribution in [0, 0.1) is 12.7 Å². The van der Waals surface area contributed by atoms with Crippen molar-refractivity contribution in [3.63, 3.8) is 0 Å². The summed E-state index contributed by atoms with van der Waals surface area (Å²) in [6.07, 6.45) is 0. The van der Waals surface area contributed by atoms with Gasteiger partial charge in [0.2, 0.25) is 5.91 Å². The number of carbonyl (C=O) groups is 2. The van der Waals surface area contributed by atoms with E-state index in [1.54, 1.807) is 24.3 Å². The van der Waals surface area contributed by atoms with Gasteiger partial charge in [-0.25, -0.2) is 4.39 Å². The fraction of sp³-hybridized carbons (Fsp3) is 0.103. The van der Waals surface area contributed by atoms with Crippen LogP contribution in [-0.2, 0) is 4.79 Å². The molecule has 2 N–H and O–H groups in total. The summed E-state index contributed by atoms with van der Waals surface area (Å²) >= 11 is 7.60. The molecule has 37 heavy (non-hydrogen) atoms. The van der Waals surface area contributed by atoms with Crippen LogP contribution in [0.2, 0.25) is 5.02 Å². The molecule has 0 aliphatic heterocycles. The zero-order valence-electron chi connectivity index (χ0n) is 20.1. The number of nitrogens with one attached hydrogen (secondary N) is 2. The Morgan fingerprint density at radius 1 is 0.919 bits per heavy atom. The van der Waals surface area contributed by atoms with Gasteiger partial charge < -0.3 is 15.4 Å². The number of anilines is 2. The summed E-state index contributed by atoms with van der Waals surface area (Å²) < 4.78 is 18.5. The number of thioether (sulfide) groups is 1. The van der Waals surface area contributed by atoms with E-state index >= 15 is 0 Å². The minimum atomic E-state index is -0.554. The molecular formula is C29H24ClFN2O3S. The summed E-state index contributed by atoms with van der Waals surface area (Å²) in [5.74, 6) is -0.486. The van der Waals surface area contributed by atoms with Gasteiger partial charge in [0.05, 0.1) is 12.8 Å². The van der Waals surface area contributed by atoms with Crippen LogP contribution < -0.4 is 15.4 Å². The number of hydrogen-bond acceptors (Lipinski definition) is 4. The predicted octanol–water partition coefficient (Wildman–Crippen LogP) is 7.52. The summed E-state index contributed by atoms with van der Waals surface area (Å²) in [6.45, 7) is 1.86. The summed E-state index contributed by atoms with van der Waals surface area (Å²) in [7, 11) is 1.52. The number of halogens is 2. The first-order chi connectivity index (χ1) is 17.8. The molecule has 2 amide bonds. The monoisotopic (exact) mass is 534 g/mol. The first-order valence-corrected chi connectivity index (χ1v) is 12.6. The SMILES string of the molecule is COc1cc(Cl)c(C)cc1NC(=O)C(Sc1ccc(NC(=O)c2ccc(F)cc2)cc1)c1ccccc1. The molecule has 0 radical (unpaired) electrons. The van der Waals surface area contributed by atoms with E-state index in [0.717, 1.165) is 16.0 Å². The molecule has 0 heterocycles. The molecule has 0 fully saturated rings. The number of rotatable bonds is 8. The average molecular weight is 535 g/mol. The molecule has 0 spiro atoms. The van der Waals surface area contributed by atoms with Crippen molar-refractivity contribution in [1.82, 2.24) is 0 Å². The van der Waals surface area contributed by atoms with Crippen molar-refractivity contribution in [2.24, 2.45) is 0 Å². The van der Waals surface area contributed by atoms with E-state index in [0.29, 0.717) is 27.7 Å². The second-order valence-corrected chi connectivity index (χ2v) is 9.77. The Kier molecular flexibility index (Phi) is 8.48. The molecule has 8 heteroatoms. The van der Waals surface area contributed by atoms with Gasteiger partial charge in [0.1, 0.15) is 16.8 Å².